The summed E-state index contributed by atoms with van der Waals surface area (Å²) in [6.07, 6.45) is 6.09. The van der Waals surface area contributed by atoms with Gasteiger partial charge in [0.1, 0.15) is 13.2 Å². The molecule has 150 valence electrons. The highest BCUT2D eigenvalue weighted by molar-refractivity contribution is 6.32. The summed E-state index contributed by atoms with van der Waals surface area (Å²) in [7, 11) is 0. The van der Waals surface area contributed by atoms with Crippen molar-refractivity contribution in [2.45, 2.75) is 51.6 Å². The first-order valence-electron chi connectivity index (χ1n) is 9.97. The summed E-state index contributed by atoms with van der Waals surface area (Å²) in [5.41, 5.74) is 0.887. The fourth-order valence-electron chi connectivity index (χ4n) is 3.64. The molecule has 2 heterocycles. The van der Waals surface area contributed by atoms with Crippen molar-refractivity contribution in [1.82, 2.24) is 15.5 Å². The number of nitrogens with zero attached hydrogens (tertiary/aromatic N) is 1. The summed E-state index contributed by atoms with van der Waals surface area (Å²) in [4.78, 5) is 14.6. The summed E-state index contributed by atoms with van der Waals surface area (Å²) in [5.74, 6) is 1.22. The van der Waals surface area contributed by atoms with Crippen LogP contribution >= 0.6 is 11.6 Å². The number of halogens is 1. The number of ether oxygens (including phenoxy) is 2. The average Bonchev–Trinajstić information content (AvgIpc) is 2.67. The van der Waals surface area contributed by atoms with Crippen LogP contribution in [-0.2, 0) is 6.54 Å². The number of hydrogen-bond donors (Lipinski definition) is 2. The van der Waals surface area contributed by atoms with Crippen LogP contribution in [-0.4, -0.2) is 49.8 Å². The van der Waals surface area contributed by atoms with Crippen LogP contribution < -0.4 is 20.1 Å². The predicted octanol–water partition coefficient (Wildman–Crippen LogP) is 3.57. The molecule has 0 bridgehead atoms. The second-order valence-corrected chi connectivity index (χ2v) is 7.71. The van der Waals surface area contributed by atoms with Crippen LogP contribution in [0.5, 0.6) is 11.5 Å². The summed E-state index contributed by atoms with van der Waals surface area (Å²) < 4.78 is 11.1. The fraction of sp³-hybridized carbons (Fsp3) is 0.650. The Hall–Kier alpha value is -1.66. The zero-order chi connectivity index (χ0) is 19.1. The molecular formula is C20H30ClN3O3. The molecule has 3 rings (SSSR count). The van der Waals surface area contributed by atoms with Crippen molar-refractivity contribution in [1.29, 1.82) is 0 Å². The second kappa shape index (κ2) is 10.0. The van der Waals surface area contributed by atoms with Gasteiger partial charge >= 0.3 is 6.03 Å². The van der Waals surface area contributed by atoms with Crippen LogP contribution in [0.25, 0.3) is 0 Å². The zero-order valence-corrected chi connectivity index (χ0v) is 16.8. The molecule has 2 amide bonds. The minimum absolute atomic E-state index is 0.160. The Morgan fingerprint density at radius 2 is 2.07 bits per heavy atom. The van der Waals surface area contributed by atoms with Gasteiger partial charge in [-0.1, -0.05) is 18.0 Å². The summed E-state index contributed by atoms with van der Waals surface area (Å²) in [6.45, 7) is 6.76. The number of hydrogen-bond acceptors (Lipinski definition) is 4. The molecule has 2 N–H and O–H groups in total. The lowest BCUT2D eigenvalue weighted by Gasteiger charge is -2.33. The number of rotatable bonds is 7. The summed E-state index contributed by atoms with van der Waals surface area (Å²) >= 11 is 6.22. The Morgan fingerprint density at radius 1 is 1.22 bits per heavy atom. The van der Waals surface area contributed by atoms with Crippen molar-refractivity contribution in [2.24, 2.45) is 0 Å². The van der Waals surface area contributed by atoms with E-state index in [0.29, 0.717) is 48.9 Å². The molecule has 1 saturated heterocycles. The van der Waals surface area contributed by atoms with Crippen LogP contribution in [0.4, 0.5) is 4.79 Å². The number of piperidine rings is 1. The Bertz CT molecular complexity index is 641. The Labute approximate surface area is 166 Å². The molecule has 1 fully saturated rings. The van der Waals surface area contributed by atoms with Gasteiger partial charge in [0.15, 0.2) is 11.5 Å². The Morgan fingerprint density at radius 3 is 2.93 bits per heavy atom. The molecule has 0 aliphatic carbocycles. The molecule has 27 heavy (non-hydrogen) atoms. The molecule has 1 aromatic rings. The van der Waals surface area contributed by atoms with Gasteiger partial charge in [-0.05, 0) is 63.4 Å². The molecule has 0 spiro atoms. The molecule has 1 unspecified atom stereocenters. The van der Waals surface area contributed by atoms with E-state index in [4.69, 9.17) is 21.1 Å². The van der Waals surface area contributed by atoms with Gasteiger partial charge in [0.25, 0.3) is 0 Å². The SMILES string of the molecule is CC1CCCCN1CCCCNC(=O)NCc1cc(Cl)c2c(c1)OCCO2. The number of nitrogens with one attached hydrogen (secondary N) is 2. The van der Waals surface area contributed by atoms with Gasteiger partial charge in [-0.3, -0.25) is 0 Å². The zero-order valence-electron chi connectivity index (χ0n) is 16.1. The van der Waals surface area contributed by atoms with Crippen molar-refractivity contribution in [3.63, 3.8) is 0 Å². The maximum absolute atomic E-state index is 12.0. The van der Waals surface area contributed by atoms with Crippen LogP contribution in [0.3, 0.4) is 0 Å². The lowest BCUT2D eigenvalue weighted by Crippen LogP contribution is -2.38. The van der Waals surface area contributed by atoms with E-state index in [2.05, 4.69) is 22.5 Å². The van der Waals surface area contributed by atoms with E-state index in [1.807, 2.05) is 6.07 Å². The van der Waals surface area contributed by atoms with Gasteiger partial charge in [-0.2, -0.15) is 0 Å². The monoisotopic (exact) mass is 395 g/mol. The van der Waals surface area contributed by atoms with Crippen molar-refractivity contribution in [3.8, 4) is 11.5 Å². The number of likely N-dealkylation sites (tertiary alicyclic amines) is 1. The number of amides is 2. The molecule has 6 nitrogen and oxygen atoms in total. The smallest absolute Gasteiger partial charge is 0.315 e. The Balaban J connectivity index is 1.32. The topological polar surface area (TPSA) is 62.8 Å². The highest BCUT2D eigenvalue weighted by Crippen LogP contribution is 2.38. The molecule has 1 aromatic carbocycles. The van der Waals surface area contributed by atoms with Gasteiger partial charge in [0.2, 0.25) is 0 Å². The van der Waals surface area contributed by atoms with Gasteiger partial charge in [0.05, 0.1) is 5.02 Å². The van der Waals surface area contributed by atoms with Gasteiger partial charge < -0.3 is 25.0 Å². The third kappa shape index (κ3) is 5.91. The minimum atomic E-state index is -0.160. The minimum Gasteiger partial charge on any atom is -0.486 e. The fourth-order valence-corrected chi connectivity index (χ4v) is 3.93. The van der Waals surface area contributed by atoms with E-state index in [-0.39, 0.29) is 6.03 Å². The first-order valence-corrected chi connectivity index (χ1v) is 10.3. The number of urea groups is 1. The number of fused-ring (bicyclic) bond motifs is 1. The molecule has 7 heteroatoms. The normalized spacial score (nSPS) is 19.6. The van der Waals surface area contributed by atoms with Gasteiger partial charge in [0, 0.05) is 19.1 Å². The van der Waals surface area contributed by atoms with E-state index in [0.717, 1.165) is 24.9 Å². The van der Waals surface area contributed by atoms with Crippen LogP contribution in [0.15, 0.2) is 12.1 Å². The van der Waals surface area contributed by atoms with E-state index in [9.17, 15) is 4.79 Å². The third-order valence-corrected chi connectivity index (χ3v) is 5.49. The number of benzene rings is 1. The molecule has 0 radical (unpaired) electrons. The van der Waals surface area contributed by atoms with Gasteiger partial charge in [-0.25, -0.2) is 4.79 Å². The molecule has 2 aliphatic heterocycles. The molecular weight excluding hydrogens is 366 g/mol. The molecule has 2 aliphatic rings. The van der Waals surface area contributed by atoms with Crippen molar-refractivity contribution < 1.29 is 14.3 Å². The van der Waals surface area contributed by atoms with Crippen molar-refractivity contribution in [2.75, 3.05) is 32.8 Å². The first kappa shape index (κ1) is 20.1. The number of unbranched alkanes of at least 4 members (excludes halogenated alkanes) is 1. The number of carbonyl (C=O) groups is 1. The highest BCUT2D eigenvalue weighted by Gasteiger charge is 2.18. The summed E-state index contributed by atoms with van der Waals surface area (Å²) in [6, 6.07) is 4.20. The quantitative estimate of drug-likeness (QED) is 0.693. The van der Waals surface area contributed by atoms with E-state index >= 15 is 0 Å². The maximum Gasteiger partial charge on any atom is 0.315 e. The maximum atomic E-state index is 12.0. The van der Waals surface area contributed by atoms with Crippen LogP contribution in [0, 0.1) is 0 Å². The van der Waals surface area contributed by atoms with E-state index in [1.165, 1.54) is 25.8 Å². The predicted molar refractivity (Wildman–Crippen MR) is 107 cm³/mol. The van der Waals surface area contributed by atoms with Crippen molar-refractivity contribution >= 4 is 17.6 Å². The van der Waals surface area contributed by atoms with Crippen molar-refractivity contribution in [3.05, 3.63) is 22.7 Å². The Kier molecular flexibility index (Phi) is 7.47. The largest absolute Gasteiger partial charge is 0.486 e. The number of carbonyl (C=O) groups excluding carboxylic acids is 1. The summed E-state index contributed by atoms with van der Waals surface area (Å²) in [5, 5.41) is 6.30. The average molecular weight is 396 g/mol. The van der Waals surface area contributed by atoms with Crippen LogP contribution in [0.1, 0.15) is 44.6 Å². The molecule has 0 saturated carbocycles. The second-order valence-electron chi connectivity index (χ2n) is 7.30. The first-order chi connectivity index (χ1) is 13.1. The standard InChI is InChI=1S/C20H30ClN3O3/c1-15-6-2-4-8-24(15)9-5-3-7-22-20(25)23-14-16-12-17(21)19-18(13-16)26-10-11-27-19/h12-13,15H,2-11,14H2,1H3,(H2,22,23,25). The lowest BCUT2D eigenvalue weighted by atomic mass is 10.0. The van der Waals surface area contributed by atoms with Gasteiger partial charge in [-0.15, -0.1) is 0 Å². The lowest BCUT2D eigenvalue weighted by molar-refractivity contribution is 0.158. The third-order valence-electron chi connectivity index (χ3n) is 5.21. The molecule has 1 atom stereocenters. The van der Waals surface area contributed by atoms with E-state index < -0.39 is 0 Å². The van der Waals surface area contributed by atoms with E-state index in [1.54, 1.807) is 6.07 Å². The highest BCUT2D eigenvalue weighted by atomic mass is 35.5. The van der Waals surface area contributed by atoms with Crippen LogP contribution in [0.2, 0.25) is 5.02 Å². The molecule has 0 aromatic heterocycles.